The number of carbonyl (C=O) groups excluding carboxylic acids is 2. The van der Waals surface area contributed by atoms with Gasteiger partial charge in [-0.2, -0.15) is 0 Å². The van der Waals surface area contributed by atoms with Crippen molar-refractivity contribution in [3.05, 3.63) is 64.7 Å². The van der Waals surface area contributed by atoms with Crippen LogP contribution >= 0.6 is 11.8 Å². The number of amides is 2. The van der Waals surface area contributed by atoms with Crippen molar-refractivity contribution in [1.29, 1.82) is 0 Å². The first-order chi connectivity index (χ1) is 12.9. The first kappa shape index (κ1) is 19.5. The van der Waals surface area contributed by atoms with Crippen LogP contribution < -0.4 is 4.74 Å². The lowest BCUT2D eigenvalue weighted by Crippen LogP contribution is -2.31. The number of rotatable bonds is 6. The minimum Gasteiger partial charge on any atom is -0.496 e. The molecule has 0 saturated carbocycles. The van der Waals surface area contributed by atoms with Gasteiger partial charge in [0, 0.05) is 0 Å². The SMILES string of the molecule is COc1cc(C)c(C[C@@H]2SC(=O)N(Cc3ccccc3)C2=O)cc1C(C)C. The van der Waals surface area contributed by atoms with Crippen molar-refractivity contribution < 1.29 is 14.3 Å². The number of imide groups is 1. The first-order valence-corrected chi connectivity index (χ1v) is 10.0. The van der Waals surface area contributed by atoms with Crippen molar-refractivity contribution >= 4 is 22.9 Å². The Kier molecular flexibility index (Phi) is 5.90. The lowest BCUT2D eigenvalue weighted by molar-refractivity contribution is -0.127. The summed E-state index contributed by atoms with van der Waals surface area (Å²) in [6.07, 6.45) is 0.552. The van der Waals surface area contributed by atoms with Crippen LogP contribution in [0, 0.1) is 6.92 Å². The van der Waals surface area contributed by atoms with Gasteiger partial charge in [-0.25, -0.2) is 0 Å². The second kappa shape index (κ2) is 8.17. The van der Waals surface area contributed by atoms with Crippen molar-refractivity contribution in [2.75, 3.05) is 7.11 Å². The van der Waals surface area contributed by atoms with Crippen LogP contribution in [0.4, 0.5) is 4.79 Å². The average Bonchev–Trinajstić information content (AvgIpc) is 2.91. The highest BCUT2D eigenvalue weighted by atomic mass is 32.2. The zero-order valence-electron chi connectivity index (χ0n) is 16.2. The Balaban J connectivity index is 1.79. The van der Waals surface area contributed by atoms with Gasteiger partial charge in [0.25, 0.3) is 5.24 Å². The maximum absolute atomic E-state index is 12.8. The Bertz CT molecular complexity index is 848. The van der Waals surface area contributed by atoms with Gasteiger partial charge in [0.05, 0.1) is 18.9 Å². The number of benzene rings is 2. The second-order valence-corrected chi connectivity index (χ2v) is 8.32. The minimum atomic E-state index is -0.367. The number of nitrogens with zero attached hydrogens (tertiary/aromatic N) is 1. The molecule has 0 bridgehead atoms. The third-order valence-electron chi connectivity index (χ3n) is 4.90. The summed E-state index contributed by atoms with van der Waals surface area (Å²) in [7, 11) is 1.68. The van der Waals surface area contributed by atoms with Gasteiger partial charge in [-0.15, -0.1) is 0 Å². The monoisotopic (exact) mass is 383 g/mol. The molecule has 0 aromatic heterocycles. The molecule has 4 nitrogen and oxygen atoms in total. The van der Waals surface area contributed by atoms with Crippen molar-refractivity contribution in [2.45, 2.75) is 44.9 Å². The maximum Gasteiger partial charge on any atom is 0.289 e. The fourth-order valence-corrected chi connectivity index (χ4v) is 4.35. The quantitative estimate of drug-likeness (QED) is 0.709. The van der Waals surface area contributed by atoms with E-state index in [-0.39, 0.29) is 16.4 Å². The van der Waals surface area contributed by atoms with E-state index in [1.54, 1.807) is 7.11 Å². The fourth-order valence-electron chi connectivity index (χ4n) is 3.33. The number of thioether (sulfide) groups is 1. The molecule has 1 saturated heterocycles. The minimum absolute atomic E-state index is 0.102. The van der Waals surface area contributed by atoms with E-state index in [1.165, 1.54) is 4.90 Å². The number of methoxy groups -OCH3 is 1. The van der Waals surface area contributed by atoms with Crippen LogP contribution in [0.2, 0.25) is 0 Å². The summed E-state index contributed by atoms with van der Waals surface area (Å²) >= 11 is 1.13. The molecule has 1 heterocycles. The van der Waals surface area contributed by atoms with E-state index in [0.717, 1.165) is 39.8 Å². The lowest BCUT2D eigenvalue weighted by atomic mass is 9.94. The van der Waals surface area contributed by atoms with Crippen molar-refractivity contribution in [1.82, 2.24) is 4.90 Å². The van der Waals surface area contributed by atoms with E-state index in [0.29, 0.717) is 18.9 Å². The van der Waals surface area contributed by atoms with Gasteiger partial charge in [0.15, 0.2) is 0 Å². The van der Waals surface area contributed by atoms with E-state index in [1.807, 2.05) is 43.3 Å². The molecule has 1 fully saturated rings. The van der Waals surface area contributed by atoms with Gasteiger partial charge in [-0.1, -0.05) is 62.0 Å². The molecule has 1 aliphatic rings. The summed E-state index contributed by atoms with van der Waals surface area (Å²) in [4.78, 5) is 26.6. The van der Waals surface area contributed by atoms with Crippen LogP contribution in [0.25, 0.3) is 0 Å². The van der Waals surface area contributed by atoms with Crippen LogP contribution in [-0.2, 0) is 17.8 Å². The molecule has 142 valence electrons. The zero-order chi connectivity index (χ0) is 19.6. The van der Waals surface area contributed by atoms with Gasteiger partial charge >= 0.3 is 0 Å². The molecule has 3 rings (SSSR count). The molecule has 5 heteroatoms. The highest BCUT2D eigenvalue weighted by Gasteiger charge is 2.39. The highest BCUT2D eigenvalue weighted by Crippen LogP contribution is 2.34. The van der Waals surface area contributed by atoms with Gasteiger partial charge < -0.3 is 4.74 Å². The number of hydrogen-bond donors (Lipinski definition) is 0. The summed E-state index contributed by atoms with van der Waals surface area (Å²) in [5, 5.41) is -0.530. The molecule has 0 aliphatic carbocycles. The zero-order valence-corrected chi connectivity index (χ0v) is 17.0. The smallest absolute Gasteiger partial charge is 0.289 e. The number of aryl methyl sites for hydroxylation is 1. The summed E-state index contributed by atoms with van der Waals surface area (Å²) in [6, 6.07) is 13.8. The molecular formula is C22H25NO3S. The molecule has 0 spiro atoms. The molecular weight excluding hydrogens is 358 g/mol. The number of hydrogen-bond acceptors (Lipinski definition) is 4. The summed E-state index contributed by atoms with van der Waals surface area (Å²) in [5.41, 5.74) is 4.27. The Morgan fingerprint density at radius 3 is 2.48 bits per heavy atom. The van der Waals surface area contributed by atoms with Crippen LogP contribution in [0.5, 0.6) is 5.75 Å². The van der Waals surface area contributed by atoms with Crippen molar-refractivity contribution in [3.8, 4) is 5.75 Å². The molecule has 1 aliphatic heterocycles. The van der Waals surface area contributed by atoms with Crippen molar-refractivity contribution in [2.24, 2.45) is 0 Å². The molecule has 0 radical (unpaired) electrons. The van der Waals surface area contributed by atoms with Gasteiger partial charge in [0.1, 0.15) is 5.75 Å². The predicted octanol–water partition coefficient (Wildman–Crippen LogP) is 4.93. The molecule has 27 heavy (non-hydrogen) atoms. The standard InChI is InChI=1S/C22H25NO3S/c1-14(2)18-11-17(15(3)10-19(18)26-4)12-20-21(24)23(22(25)27-20)13-16-8-6-5-7-9-16/h5-11,14,20H,12-13H2,1-4H3/t20-/m0/s1. The second-order valence-electron chi connectivity index (χ2n) is 7.16. The fraction of sp³-hybridized carbons (Fsp3) is 0.364. The van der Waals surface area contributed by atoms with Crippen LogP contribution in [0.1, 0.15) is 42.0 Å². The topological polar surface area (TPSA) is 46.6 Å². The Morgan fingerprint density at radius 2 is 1.85 bits per heavy atom. The predicted molar refractivity (Wildman–Crippen MR) is 109 cm³/mol. The van der Waals surface area contributed by atoms with Crippen LogP contribution in [0.15, 0.2) is 42.5 Å². The molecule has 2 aromatic rings. The van der Waals surface area contributed by atoms with Gasteiger partial charge in [-0.05, 0) is 47.6 Å². The number of carbonyl (C=O) groups is 2. The van der Waals surface area contributed by atoms with E-state index in [2.05, 4.69) is 19.9 Å². The van der Waals surface area contributed by atoms with E-state index in [9.17, 15) is 9.59 Å². The molecule has 0 unspecified atom stereocenters. The largest absolute Gasteiger partial charge is 0.496 e. The summed E-state index contributed by atoms with van der Waals surface area (Å²) in [6.45, 7) is 6.60. The lowest BCUT2D eigenvalue weighted by Gasteiger charge is -2.18. The molecule has 2 amide bonds. The Morgan fingerprint density at radius 1 is 1.15 bits per heavy atom. The maximum atomic E-state index is 12.8. The highest BCUT2D eigenvalue weighted by molar-refractivity contribution is 8.15. The summed E-state index contributed by atoms with van der Waals surface area (Å²) < 4.78 is 5.50. The third-order valence-corrected chi connectivity index (χ3v) is 5.98. The third kappa shape index (κ3) is 4.19. The van der Waals surface area contributed by atoms with Crippen LogP contribution in [-0.4, -0.2) is 28.4 Å². The molecule has 1 atom stereocenters. The molecule has 0 N–H and O–H groups in total. The van der Waals surface area contributed by atoms with E-state index < -0.39 is 0 Å². The van der Waals surface area contributed by atoms with Crippen molar-refractivity contribution in [3.63, 3.8) is 0 Å². The Hall–Kier alpha value is -2.27. The van der Waals surface area contributed by atoms with Gasteiger partial charge in [0.2, 0.25) is 5.91 Å². The van der Waals surface area contributed by atoms with E-state index >= 15 is 0 Å². The average molecular weight is 384 g/mol. The Labute approximate surface area is 164 Å². The normalized spacial score (nSPS) is 17.1. The first-order valence-electron chi connectivity index (χ1n) is 9.14. The summed E-state index contributed by atoms with van der Waals surface area (Å²) in [5.74, 6) is 1.09. The van der Waals surface area contributed by atoms with Gasteiger partial charge in [-0.3, -0.25) is 14.5 Å². The number of ether oxygens (including phenoxy) is 1. The molecule has 2 aromatic carbocycles. The van der Waals surface area contributed by atoms with Crippen LogP contribution in [0.3, 0.4) is 0 Å². The van der Waals surface area contributed by atoms with E-state index in [4.69, 9.17) is 4.74 Å².